The van der Waals surface area contributed by atoms with E-state index in [1.807, 2.05) is 41.8 Å². The normalized spacial score (nSPS) is 10.8. The van der Waals surface area contributed by atoms with Crippen LogP contribution in [0.4, 0.5) is 10.1 Å². The lowest BCUT2D eigenvalue weighted by molar-refractivity contribution is -0.113. The smallest absolute Gasteiger partial charge is 0.234 e. The number of aryl methyl sites for hydroxylation is 2. The Balaban J connectivity index is 1.60. The third kappa shape index (κ3) is 4.70. The Morgan fingerprint density at radius 1 is 1.06 bits per heavy atom. The highest BCUT2D eigenvalue weighted by Crippen LogP contribution is 2.28. The lowest BCUT2D eigenvalue weighted by Crippen LogP contribution is -2.16. The molecule has 4 aromatic rings. The maximum Gasteiger partial charge on any atom is 0.234 e. The van der Waals surface area contributed by atoms with Gasteiger partial charge in [0, 0.05) is 29.3 Å². The van der Waals surface area contributed by atoms with Crippen molar-refractivity contribution >= 4 is 23.4 Å². The summed E-state index contributed by atoms with van der Waals surface area (Å²) in [6.45, 7) is 4.04. The minimum absolute atomic E-state index is 0.127. The summed E-state index contributed by atoms with van der Waals surface area (Å²) in [7, 11) is 0. The summed E-state index contributed by atoms with van der Waals surface area (Å²) < 4.78 is 15.3. The lowest BCUT2D eigenvalue weighted by atomic mass is 10.1. The van der Waals surface area contributed by atoms with Crippen LogP contribution in [-0.2, 0) is 11.2 Å². The third-order valence-electron chi connectivity index (χ3n) is 4.99. The van der Waals surface area contributed by atoms with Gasteiger partial charge in [0.25, 0.3) is 0 Å². The first-order valence-corrected chi connectivity index (χ1v) is 11.2. The number of nitrogens with zero attached hydrogens (tertiary/aromatic N) is 4. The van der Waals surface area contributed by atoms with E-state index in [4.69, 9.17) is 0 Å². The second kappa shape index (κ2) is 9.74. The number of thioether (sulfide) groups is 1. The first-order valence-electron chi connectivity index (χ1n) is 10.2. The van der Waals surface area contributed by atoms with Crippen molar-refractivity contribution in [1.82, 2.24) is 19.7 Å². The molecule has 0 radical (unpaired) electrons. The quantitative estimate of drug-likeness (QED) is 0.401. The number of hydrogen-bond donors (Lipinski definition) is 1. The van der Waals surface area contributed by atoms with Crippen LogP contribution in [0.25, 0.3) is 17.1 Å². The molecular formula is C24H22FN5OS. The van der Waals surface area contributed by atoms with Gasteiger partial charge in [0.05, 0.1) is 5.75 Å². The first-order chi connectivity index (χ1) is 15.6. The van der Waals surface area contributed by atoms with E-state index in [2.05, 4.69) is 27.4 Å². The maximum atomic E-state index is 13.5. The van der Waals surface area contributed by atoms with E-state index in [1.165, 1.54) is 23.9 Å². The molecule has 0 saturated heterocycles. The molecule has 0 fully saturated rings. The number of anilines is 1. The van der Waals surface area contributed by atoms with Crippen LogP contribution < -0.4 is 5.32 Å². The number of rotatable bonds is 7. The third-order valence-corrected chi connectivity index (χ3v) is 5.92. The molecule has 0 aliphatic carbocycles. The predicted octanol–water partition coefficient (Wildman–Crippen LogP) is 5.07. The molecule has 32 heavy (non-hydrogen) atoms. The molecule has 162 valence electrons. The Morgan fingerprint density at radius 3 is 2.53 bits per heavy atom. The van der Waals surface area contributed by atoms with Gasteiger partial charge in [-0.1, -0.05) is 36.9 Å². The molecule has 2 heterocycles. The lowest BCUT2D eigenvalue weighted by Gasteiger charge is -2.13. The molecule has 0 aliphatic heterocycles. The van der Waals surface area contributed by atoms with Gasteiger partial charge < -0.3 is 5.32 Å². The Labute approximate surface area is 189 Å². The van der Waals surface area contributed by atoms with Gasteiger partial charge in [-0.3, -0.25) is 14.3 Å². The highest BCUT2D eigenvalue weighted by Gasteiger charge is 2.18. The van der Waals surface area contributed by atoms with E-state index in [-0.39, 0.29) is 17.5 Å². The fourth-order valence-electron chi connectivity index (χ4n) is 3.38. The highest BCUT2D eigenvalue weighted by atomic mass is 32.2. The van der Waals surface area contributed by atoms with E-state index in [9.17, 15) is 9.18 Å². The Morgan fingerprint density at radius 2 is 1.81 bits per heavy atom. The van der Waals surface area contributed by atoms with Gasteiger partial charge >= 0.3 is 0 Å². The van der Waals surface area contributed by atoms with Crippen molar-refractivity contribution in [2.24, 2.45) is 0 Å². The zero-order chi connectivity index (χ0) is 22.5. The van der Waals surface area contributed by atoms with Gasteiger partial charge in [0.2, 0.25) is 5.91 Å². The van der Waals surface area contributed by atoms with Crippen molar-refractivity contribution in [3.8, 4) is 17.1 Å². The van der Waals surface area contributed by atoms with Crippen LogP contribution in [0.15, 0.2) is 72.1 Å². The van der Waals surface area contributed by atoms with E-state index in [0.29, 0.717) is 16.7 Å². The van der Waals surface area contributed by atoms with Crippen molar-refractivity contribution in [3.05, 3.63) is 83.9 Å². The molecule has 1 N–H and O–H groups in total. The number of benzene rings is 2. The van der Waals surface area contributed by atoms with E-state index in [0.717, 1.165) is 28.8 Å². The fraction of sp³-hybridized carbons (Fsp3) is 0.167. The zero-order valence-electron chi connectivity index (χ0n) is 17.7. The van der Waals surface area contributed by atoms with Gasteiger partial charge in [-0.05, 0) is 60.9 Å². The second-order valence-electron chi connectivity index (χ2n) is 7.15. The summed E-state index contributed by atoms with van der Waals surface area (Å²) in [5.74, 6) is 0.297. The number of carbonyl (C=O) groups excluding carboxylic acids is 1. The molecule has 4 rings (SSSR count). The Hall–Kier alpha value is -3.52. The van der Waals surface area contributed by atoms with Crippen molar-refractivity contribution in [2.75, 3.05) is 11.1 Å². The average molecular weight is 448 g/mol. The minimum Gasteiger partial charge on any atom is -0.325 e. The number of hydrogen-bond acceptors (Lipinski definition) is 5. The number of aromatic nitrogens is 4. The van der Waals surface area contributed by atoms with Crippen LogP contribution in [-0.4, -0.2) is 31.4 Å². The van der Waals surface area contributed by atoms with Crippen LogP contribution in [0.5, 0.6) is 0 Å². The summed E-state index contributed by atoms with van der Waals surface area (Å²) in [6.07, 6.45) is 4.18. The van der Waals surface area contributed by atoms with Crippen molar-refractivity contribution < 1.29 is 9.18 Å². The summed E-state index contributed by atoms with van der Waals surface area (Å²) in [6, 6.07) is 15.7. The predicted molar refractivity (Wildman–Crippen MR) is 124 cm³/mol. The highest BCUT2D eigenvalue weighted by molar-refractivity contribution is 7.99. The number of para-hydroxylation sites is 1. The Bertz CT molecular complexity index is 1230. The van der Waals surface area contributed by atoms with Crippen LogP contribution in [0, 0.1) is 12.7 Å². The topological polar surface area (TPSA) is 72.7 Å². The number of nitrogens with one attached hydrogen (secondary N) is 1. The summed E-state index contributed by atoms with van der Waals surface area (Å²) in [4.78, 5) is 16.8. The summed E-state index contributed by atoms with van der Waals surface area (Å²) >= 11 is 1.28. The van der Waals surface area contributed by atoms with Gasteiger partial charge in [0.1, 0.15) is 5.82 Å². The first kappa shape index (κ1) is 21.7. The number of carbonyl (C=O) groups is 1. The molecule has 0 spiro atoms. The molecular weight excluding hydrogens is 425 g/mol. The van der Waals surface area contributed by atoms with E-state index >= 15 is 0 Å². The molecule has 8 heteroatoms. The molecule has 0 atom stereocenters. The molecule has 6 nitrogen and oxygen atoms in total. The second-order valence-corrected chi connectivity index (χ2v) is 8.10. The molecule has 0 saturated carbocycles. The molecule has 0 unspecified atom stereocenters. The van der Waals surface area contributed by atoms with Gasteiger partial charge in [0.15, 0.2) is 11.0 Å². The van der Waals surface area contributed by atoms with Crippen LogP contribution in [0.2, 0.25) is 0 Å². The van der Waals surface area contributed by atoms with Crippen LogP contribution in [0.1, 0.15) is 18.1 Å². The molecule has 2 aromatic heterocycles. The van der Waals surface area contributed by atoms with Gasteiger partial charge in [-0.2, -0.15) is 0 Å². The number of halogens is 1. The zero-order valence-corrected chi connectivity index (χ0v) is 18.6. The Kier molecular flexibility index (Phi) is 6.61. The minimum atomic E-state index is -0.328. The number of pyridine rings is 1. The standard InChI is InChI=1S/C24H22FN5OS/c1-3-17-6-4-5-16(2)22(17)27-21(31)15-32-24-29-28-23(18-11-13-26-14-12-18)30(24)20-9-7-19(25)8-10-20/h4-14H,3,15H2,1-2H3,(H,27,31). The fourth-order valence-corrected chi connectivity index (χ4v) is 4.13. The monoisotopic (exact) mass is 447 g/mol. The molecule has 0 aliphatic rings. The van der Waals surface area contributed by atoms with Gasteiger partial charge in [-0.25, -0.2) is 4.39 Å². The van der Waals surface area contributed by atoms with Gasteiger partial charge in [-0.15, -0.1) is 10.2 Å². The largest absolute Gasteiger partial charge is 0.325 e. The van der Waals surface area contributed by atoms with E-state index < -0.39 is 0 Å². The van der Waals surface area contributed by atoms with Crippen LogP contribution in [0.3, 0.4) is 0 Å². The van der Waals surface area contributed by atoms with Crippen molar-refractivity contribution in [2.45, 2.75) is 25.4 Å². The molecule has 1 amide bonds. The van der Waals surface area contributed by atoms with Crippen molar-refractivity contribution in [1.29, 1.82) is 0 Å². The summed E-state index contributed by atoms with van der Waals surface area (Å²) in [5.41, 5.74) is 4.51. The number of amides is 1. The molecule has 2 aromatic carbocycles. The SMILES string of the molecule is CCc1cccc(C)c1NC(=O)CSc1nnc(-c2ccncc2)n1-c1ccc(F)cc1. The molecule has 0 bridgehead atoms. The average Bonchev–Trinajstić information content (AvgIpc) is 3.24. The summed E-state index contributed by atoms with van der Waals surface area (Å²) in [5, 5.41) is 12.2. The maximum absolute atomic E-state index is 13.5. The van der Waals surface area contributed by atoms with Crippen molar-refractivity contribution in [3.63, 3.8) is 0 Å². The van der Waals surface area contributed by atoms with Crippen LogP contribution >= 0.6 is 11.8 Å². The van der Waals surface area contributed by atoms with E-state index in [1.54, 1.807) is 24.5 Å².